The zero-order valence-electron chi connectivity index (χ0n) is 9.81. The lowest BCUT2D eigenvalue weighted by Gasteiger charge is -2.38. The molecule has 4 heteroatoms. The van der Waals surface area contributed by atoms with Crippen LogP contribution in [0.3, 0.4) is 0 Å². The molecule has 1 unspecified atom stereocenters. The molecule has 16 heavy (non-hydrogen) atoms. The molecule has 88 valence electrons. The van der Waals surface area contributed by atoms with Crippen LogP contribution in [0.25, 0.3) is 0 Å². The molecule has 1 saturated heterocycles. The largest absolute Gasteiger partial charge is 0.481 e. The zero-order chi connectivity index (χ0) is 11.6. The van der Waals surface area contributed by atoms with E-state index in [1.807, 2.05) is 19.1 Å². The molecule has 1 fully saturated rings. The van der Waals surface area contributed by atoms with Gasteiger partial charge < -0.3 is 14.7 Å². The molecule has 1 N–H and O–H groups in total. The lowest BCUT2D eigenvalue weighted by Crippen LogP contribution is -2.46. The van der Waals surface area contributed by atoms with E-state index in [0.29, 0.717) is 12.4 Å². The Labute approximate surface area is 95.9 Å². The number of aliphatic hydroxyl groups is 1. The van der Waals surface area contributed by atoms with Gasteiger partial charge in [0.1, 0.15) is 0 Å². The maximum absolute atomic E-state index is 10.0. The Hall–Kier alpha value is -1.29. The van der Waals surface area contributed by atoms with E-state index in [1.54, 1.807) is 13.3 Å². The van der Waals surface area contributed by atoms with Crippen LogP contribution in [0.4, 0.5) is 5.69 Å². The fourth-order valence-corrected chi connectivity index (χ4v) is 2.15. The SMILES string of the molecule is COc1cc(N2CCCC(C)(O)C2)ccn1. The summed E-state index contributed by atoms with van der Waals surface area (Å²) in [6.45, 7) is 3.53. The molecule has 4 nitrogen and oxygen atoms in total. The van der Waals surface area contributed by atoms with Crippen LogP contribution in [-0.2, 0) is 0 Å². The van der Waals surface area contributed by atoms with Gasteiger partial charge in [-0.2, -0.15) is 0 Å². The summed E-state index contributed by atoms with van der Waals surface area (Å²) in [4.78, 5) is 6.25. The quantitative estimate of drug-likeness (QED) is 0.822. The van der Waals surface area contributed by atoms with Crippen LogP contribution < -0.4 is 9.64 Å². The minimum atomic E-state index is -0.589. The lowest BCUT2D eigenvalue weighted by molar-refractivity contribution is 0.0449. The number of methoxy groups -OCH3 is 1. The number of aromatic nitrogens is 1. The van der Waals surface area contributed by atoms with E-state index in [0.717, 1.165) is 25.1 Å². The number of piperidine rings is 1. The number of rotatable bonds is 2. The van der Waals surface area contributed by atoms with Crippen molar-refractivity contribution < 1.29 is 9.84 Å². The molecule has 0 saturated carbocycles. The molecule has 0 bridgehead atoms. The van der Waals surface area contributed by atoms with Crippen LogP contribution >= 0.6 is 0 Å². The molecule has 1 aliphatic rings. The van der Waals surface area contributed by atoms with E-state index >= 15 is 0 Å². The van der Waals surface area contributed by atoms with Crippen molar-refractivity contribution in [3.8, 4) is 5.88 Å². The summed E-state index contributed by atoms with van der Waals surface area (Å²) in [5, 5.41) is 10.0. The van der Waals surface area contributed by atoms with Crippen molar-refractivity contribution in [3.63, 3.8) is 0 Å². The summed E-state index contributed by atoms with van der Waals surface area (Å²) >= 11 is 0. The first-order valence-electron chi connectivity index (χ1n) is 5.58. The fourth-order valence-electron chi connectivity index (χ4n) is 2.15. The second kappa shape index (κ2) is 4.29. The standard InChI is InChI=1S/C12H18N2O2/c1-12(15)5-3-7-14(9-12)10-4-6-13-11(8-10)16-2/h4,6,8,15H,3,5,7,9H2,1-2H3. The van der Waals surface area contributed by atoms with Crippen LogP contribution in [0.15, 0.2) is 18.3 Å². The first-order valence-corrected chi connectivity index (χ1v) is 5.58. The Morgan fingerprint density at radius 3 is 3.06 bits per heavy atom. The highest BCUT2D eigenvalue weighted by atomic mass is 16.5. The van der Waals surface area contributed by atoms with E-state index in [4.69, 9.17) is 4.74 Å². The molecule has 0 radical (unpaired) electrons. The van der Waals surface area contributed by atoms with Gasteiger partial charge in [-0.25, -0.2) is 4.98 Å². The third-order valence-corrected chi connectivity index (χ3v) is 2.97. The average molecular weight is 222 g/mol. The van der Waals surface area contributed by atoms with Crippen molar-refractivity contribution in [2.24, 2.45) is 0 Å². The van der Waals surface area contributed by atoms with E-state index in [1.165, 1.54) is 0 Å². The third-order valence-electron chi connectivity index (χ3n) is 2.97. The van der Waals surface area contributed by atoms with Gasteiger partial charge in [-0.05, 0) is 25.8 Å². The van der Waals surface area contributed by atoms with Gasteiger partial charge in [0, 0.05) is 31.0 Å². The number of pyridine rings is 1. The summed E-state index contributed by atoms with van der Waals surface area (Å²) < 4.78 is 5.10. The zero-order valence-corrected chi connectivity index (χ0v) is 9.81. The second-order valence-corrected chi connectivity index (χ2v) is 4.58. The van der Waals surface area contributed by atoms with Gasteiger partial charge in [-0.15, -0.1) is 0 Å². The maximum Gasteiger partial charge on any atom is 0.214 e. The second-order valence-electron chi connectivity index (χ2n) is 4.58. The number of hydrogen-bond donors (Lipinski definition) is 1. The van der Waals surface area contributed by atoms with Gasteiger partial charge in [0.25, 0.3) is 0 Å². The summed E-state index contributed by atoms with van der Waals surface area (Å²) in [5.74, 6) is 0.614. The van der Waals surface area contributed by atoms with E-state index < -0.39 is 5.60 Å². The Balaban J connectivity index is 2.16. The van der Waals surface area contributed by atoms with Crippen LogP contribution in [0.5, 0.6) is 5.88 Å². The number of β-amino-alcohol motifs (C(OH)–C–C–N with tert-alkyl or cyclic N) is 1. The summed E-state index contributed by atoms with van der Waals surface area (Å²) in [6.07, 6.45) is 3.61. The molecule has 1 aliphatic heterocycles. The molecule has 2 heterocycles. The molecule has 1 aromatic rings. The number of ether oxygens (including phenoxy) is 1. The van der Waals surface area contributed by atoms with Crippen LogP contribution in [0.2, 0.25) is 0 Å². The number of nitrogens with zero attached hydrogens (tertiary/aromatic N) is 2. The van der Waals surface area contributed by atoms with Gasteiger partial charge in [0.15, 0.2) is 0 Å². The Morgan fingerprint density at radius 2 is 2.38 bits per heavy atom. The normalized spacial score (nSPS) is 25.6. The van der Waals surface area contributed by atoms with E-state index in [2.05, 4.69) is 9.88 Å². The van der Waals surface area contributed by atoms with Crippen molar-refractivity contribution in [1.82, 2.24) is 4.98 Å². The summed E-state index contributed by atoms with van der Waals surface area (Å²) in [7, 11) is 1.61. The van der Waals surface area contributed by atoms with Gasteiger partial charge >= 0.3 is 0 Å². The molecular formula is C12H18N2O2. The van der Waals surface area contributed by atoms with Crippen LogP contribution in [0.1, 0.15) is 19.8 Å². The molecule has 0 aromatic carbocycles. The Kier molecular flexibility index (Phi) is 3.01. The van der Waals surface area contributed by atoms with Gasteiger partial charge in [-0.3, -0.25) is 0 Å². The first-order chi connectivity index (χ1) is 7.61. The number of anilines is 1. The molecule has 1 atom stereocenters. The average Bonchev–Trinajstić information content (AvgIpc) is 2.28. The number of hydrogen-bond acceptors (Lipinski definition) is 4. The highest BCUT2D eigenvalue weighted by molar-refractivity contribution is 5.48. The maximum atomic E-state index is 10.0. The van der Waals surface area contributed by atoms with Gasteiger partial charge in [0.2, 0.25) is 5.88 Å². The predicted molar refractivity (Wildman–Crippen MR) is 62.9 cm³/mol. The molecule has 1 aromatic heterocycles. The summed E-state index contributed by atoms with van der Waals surface area (Å²) in [5.41, 5.74) is 0.473. The molecule has 0 aliphatic carbocycles. The first kappa shape index (κ1) is 11.2. The van der Waals surface area contributed by atoms with Crippen LogP contribution in [0, 0.1) is 0 Å². The van der Waals surface area contributed by atoms with Gasteiger partial charge in [-0.1, -0.05) is 0 Å². The third kappa shape index (κ3) is 2.44. The van der Waals surface area contributed by atoms with Crippen molar-refractivity contribution in [2.75, 3.05) is 25.1 Å². The Bertz CT molecular complexity index is 366. The Morgan fingerprint density at radius 1 is 1.56 bits per heavy atom. The van der Waals surface area contributed by atoms with Crippen molar-refractivity contribution in [2.45, 2.75) is 25.4 Å². The van der Waals surface area contributed by atoms with Crippen molar-refractivity contribution in [1.29, 1.82) is 0 Å². The summed E-state index contributed by atoms with van der Waals surface area (Å²) in [6, 6.07) is 3.85. The highest BCUT2D eigenvalue weighted by Crippen LogP contribution is 2.26. The van der Waals surface area contributed by atoms with Crippen molar-refractivity contribution in [3.05, 3.63) is 18.3 Å². The monoisotopic (exact) mass is 222 g/mol. The van der Waals surface area contributed by atoms with E-state index in [-0.39, 0.29) is 0 Å². The van der Waals surface area contributed by atoms with Crippen molar-refractivity contribution >= 4 is 5.69 Å². The predicted octanol–water partition coefficient (Wildman–Crippen LogP) is 1.44. The smallest absolute Gasteiger partial charge is 0.214 e. The molecule has 0 spiro atoms. The molecule has 0 amide bonds. The highest BCUT2D eigenvalue weighted by Gasteiger charge is 2.28. The molecular weight excluding hydrogens is 204 g/mol. The minimum Gasteiger partial charge on any atom is -0.481 e. The van der Waals surface area contributed by atoms with Crippen LogP contribution in [-0.4, -0.2) is 35.9 Å². The fraction of sp³-hybridized carbons (Fsp3) is 0.583. The lowest BCUT2D eigenvalue weighted by atomic mass is 9.95. The minimum absolute atomic E-state index is 0.589. The topological polar surface area (TPSA) is 45.6 Å². The van der Waals surface area contributed by atoms with Gasteiger partial charge in [0.05, 0.1) is 12.7 Å². The van der Waals surface area contributed by atoms with E-state index in [9.17, 15) is 5.11 Å². The molecule has 2 rings (SSSR count).